The molecule has 2 aromatic rings. The number of halogens is 1. The van der Waals surface area contributed by atoms with Gasteiger partial charge in [-0.3, -0.25) is 9.59 Å². The predicted molar refractivity (Wildman–Crippen MR) is 98.4 cm³/mol. The number of para-hydroxylation sites is 1. The van der Waals surface area contributed by atoms with Gasteiger partial charge in [-0.25, -0.2) is 4.39 Å². The van der Waals surface area contributed by atoms with Gasteiger partial charge in [-0.2, -0.15) is 0 Å². The summed E-state index contributed by atoms with van der Waals surface area (Å²) in [6.07, 6.45) is 0. The summed E-state index contributed by atoms with van der Waals surface area (Å²) < 4.78 is 24.6. The highest BCUT2D eigenvalue weighted by Gasteiger charge is 2.21. The van der Waals surface area contributed by atoms with Crippen molar-refractivity contribution < 1.29 is 23.5 Å². The molecule has 1 fully saturated rings. The zero-order valence-corrected chi connectivity index (χ0v) is 15.0. The molecule has 2 aromatic carbocycles. The molecule has 3 rings (SSSR count). The highest BCUT2D eigenvalue weighted by Crippen LogP contribution is 2.21. The summed E-state index contributed by atoms with van der Waals surface area (Å²) in [5, 5.41) is 2.47. The van der Waals surface area contributed by atoms with Crippen molar-refractivity contribution in [3.05, 3.63) is 59.4 Å². The Morgan fingerprint density at radius 1 is 1.19 bits per heavy atom. The Morgan fingerprint density at radius 2 is 1.93 bits per heavy atom. The van der Waals surface area contributed by atoms with Crippen LogP contribution in [0.1, 0.15) is 15.9 Å². The van der Waals surface area contributed by atoms with Crippen LogP contribution in [0.25, 0.3) is 0 Å². The summed E-state index contributed by atoms with van der Waals surface area (Å²) in [5.41, 5.74) is 1.23. The molecule has 0 aliphatic carbocycles. The minimum atomic E-state index is -0.508. The molecule has 0 spiro atoms. The van der Waals surface area contributed by atoms with E-state index in [0.29, 0.717) is 37.6 Å². The summed E-state index contributed by atoms with van der Waals surface area (Å²) in [5.74, 6) is -0.870. The van der Waals surface area contributed by atoms with Crippen LogP contribution < -0.4 is 10.1 Å². The number of hydrogen-bond donors (Lipinski definition) is 1. The predicted octanol–water partition coefficient (Wildman–Crippen LogP) is 2.62. The van der Waals surface area contributed by atoms with Gasteiger partial charge in [0.2, 0.25) is 0 Å². The number of anilines is 1. The number of benzene rings is 2. The maximum atomic E-state index is 13.8. The normalized spacial score (nSPS) is 13.9. The van der Waals surface area contributed by atoms with Gasteiger partial charge in [0.1, 0.15) is 11.6 Å². The molecule has 0 saturated carbocycles. The molecule has 0 radical (unpaired) electrons. The first-order valence-corrected chi connectivity index (χ1v) is 8.69. The third-order valence-electron chi connectivity index (χ3n) is 4.17. The third-order valence-corrected chi connectivity index (χ3v) is 4.17. The maximum absolute atomic E-state index is 13.8. The number of morpholine rings is 1. The van der Waals surface area contributed by atoms with E-state index in [2.05, 4.69) is 5.32 Å². The highest BCUT2D eigenvalue weighted by molar-refractivity contribution is 5.97. The van der Waals surface area contributed by atoms with Crippen molar-refractivity contribution >= 4 is 17.5 Å². The molecule has 1 aliphatic heterocycles. The van der Waals surface area contributed by atoms with Crippen LogP contribution >= 0.6 is 0 Å². The Hall–Kier alpha value is -2.93. The van der Waals surface area contributed by atoms with Crippen molar-refractivity contribution in [1.82, 2.24) is 4.90 Å². The number of nitrogens with one attached hydrogen (secondary N) is 1. The second-order valence-corrected chi connectivity index (χ2v) is 6.22. The second kappa shape index (κ2) is 8.64. The Labute approximate surface area is 156 Å². The lowest BCUT2D eigenvalue weighted by molar-refractivity contribution is -0.118. The van der Waals surface area contributed by atoms with E-state index in [1.807, 2.05) is 0 Å². The lowest BCUT2D eigenvalue weighted by Crippen LogP contribution is -2.40. The summed E-state index contributed by atoms with van der Waals surface area (Å²) >= 11 is 0. The number of ether oxygens (including phenoxy) is 2. The van der Waals surface area contributed by atoms with Gasteiger partial charge in [-0.05, 0) is 36.8 Å². The lowest BCUT2D eigenvalue weighted by atomic mass is 10.1. The van der Waals surface area contributed by atoms with Crippen LogP contribution in [0.4, 0.5) is 10.1 Å². The molecule has 0 unspecified atom stereocenters. The molecule has 1 aliphatic rings. The topological polar surface area (TPSA) is 67.9 Å². The van der Waals surface area contributed by atoms with E-state index in [1.165, 1.54) is 12.1 Å². The molecule has 1 saturated heterocycles. The molecule has 7 heteroatoms. The number of aryl methyl sites for hydroxylation is 1. The molecule has 142 valence electrons. The standard InChI is InChI=1S/C20H21FN2O4/c1-14-6-7-17(16(21)12-14)22-19(24)13-27-18-5-3-2-4-15(18)20(25)23-8-10-26-11-9-23/h2-7,12H,8-11,13H2,1H3,(H,22,24). The molecule has 6 nitrogen and oxygen atoms in total. The first kappa shape index (κ1) is 18.8. The van der Waals surface area contributed by atoms with Crippen LogP contribution in [0.2, 0.25) is 0 Å². The average Bonchev–Trinajstić information content (AvgIpc) is 2.69. The summed E-state index contributed by atoms with van der Waals surface area (Å²) in [7, 11) is 0. The molecule has 0 atom stereocenters. The van der Waals surface area contributed by atoms with Crippen molar-refractivity contribution in [3.63, 3.8) is 0 Å². The van der Waals surface area contributed by atoms with Crippen molar-refractivity contribution in [2.75, 3.05) is 38.2 Å². The van der Waals surface area contributed by atoms with Gasteiger partial charge >= 0.3 is 0 Å². The molecule has 1 heterocycles. The monoisotopic (exact) mass is 372 g/mol. The van der Waals surface area contributed by atoms with E-state index in [0.717, 1.165) is 5.56 Å². The fourth-order valence-electron chi connectivity index (χ4n) is 2.76. The Kier molecular flexibility index (Phi) is 6.03. The molecule has 0 aromatic heterocycles. The van der Waals surface area contributed by atoms with Crippen molar-refractivity contribution in [2.24, 2.45) is 0 Å². The Balaban J connectivity index is 1.64. The minimum Gasteiger partial charge on any atom is -0.483 e. The number of carbonyl (C=O) groups is 2. The zero-order valence-electron chi connectivity index (χ0n) is 15.0. The number of hydrogen-bond acceptors (Lipinski definition) is 4. The van der Waals surface area contributed by atoms with Crippen molar-refractivity contribution in [2.45, 2.75) is 6.92 Å². The zero-order chi connectivity index (χ0) is 19.2. The largest absolute Gasteiger partial charge is 0.483 e. The number of rotatable bonds is 5. The van der Waals surface area contributed by atoms with Gasteiger partial charge in [0, 0.05) is 13.1 Å². The van der Waals surface area contributed by atoms with Gasteiger partial charge in [0.15, 0.2) is 6.61 Å². The van der Waals surface area contributed by atoms with Crippen LogP contribution in [0, 0.1) is 12.7 Å². The van der Waals surface area contributed by atoms with Crippen LogP contribution in [0.5, 0.6) is 5.75 Å². The van der Waals surface area contributed by atoms with E-state index in [4.69, 9.17) is 9.47 Å². The first-order valence-electron chi connectivity index (χ1n) is 8.69. The second-order valence-electron chi connectivity index (χ2n) is 6.22. The van der Waals surface area contributed by atoms with E-state index < -0.39 is 11.7 Å². The third kappa shape index (κ3) is 4.83. The van der Waals surface area contributed by atoms with E-state index >= 15 is 0 Å². The van der Waals surface area contributed by atoms with Crippen LogP contribution in [0.3, 0.4) is 0 Å². The van der Waals surface area contributed by atoms with Crippen molar-refractivity contribution in [1.29, 1.82) is 0 Å². The molecular formula is C20H21FN2O4. The summed E-state index contributed by atoms with van der Waals surface area (Å²) in [4.78, 5) is 26.5. The fourth-order valence-corrected chi connectivity index (χ4v) is 2.76. The number of carbonyl (C=O) groups excluding carboxylic acids is 2. The van der Waals surface area contributed by atoms with Gasteiger partial charge < -0.3 is 19.7 Å². The molecule has 0 bridgehead atoms. The highest BCUT2D eigenvalue weighted by atomic mass is 19.1. The van der Waals surface area contributed by atoms with Gasteiger partial charge in [0.05, 0.1) is 24.5 Å². The average molecular weight is 372 g/mol. The van der Waals surface area contributed by atoms with Gasteiger partial charge in [-0.1, -0.05) is 18.2 Å². The lowest BCUT2D eigenvalue weighted by Gasteiger charge is -2.27. The van der Waals surface area contributed by atoms with Crippen molar-refractivity contribution in [3.8, 4) is 5.75 Å². The quantitative estimate of drug-likeness (QED) is 0.876. The van der Waals surface area contributed by atoms with Crippen LogP contribution in [-0.4, -0.2) is 49.6 Å². The molecule has 27 heavy (non-hydrogen) atoms. The Bertz CT molecular complexity index is 834. The van der Waals surface area contributed by atoms with Gasteiger partial charge in [0.25, 0.3) is 11.8 Å². The molecular weight excluding hydrogens is 351 g/mol. The molecule has 1 N–H and O–H groups in total. The maximum Gasteiger partial charge on any atom is 0.262 e. The van der Waals surface area contributed by atoms with Gasteiger partial charge in [-0.15, -0.1) is 0 Å². The summed E-state index contributed by atoms with van der Waals surface area (Å²) in [6.45, 7) is 3.46. The van der Waals surface area contributed by atoms with E-state index in [9.17, 15) is 14.0 Å². The first-order chi connectivity index (χ1) is 13.0. The van der Waals surface area contributed by atoms with E-state index in [-0.39, 0.29) is 18.2 Å². The number of amides is 2. The number of nitrogens with zero attached hydrogens (tertiary/aromatic N) is 1. The SMILES string of the molecule is Cc1ccc(NC(=O)COc2ccccc2C(=O)N2CCOCC2)c(F)c1. The van der Waals surface area contributed by atoms with E-state index in [1.54, 1.807) is 42.2 Å². The Morgan fingerprint density at radius 3 is 2.67 bits per heavy atom. The smallest absolute Gasteiger partial charge is 0.262 e. The van der Waals surface area contributed by atoms with Crippen LogP contribution in [0.15, 0.2) is 42.5 Å². The fraction of sp³-hybridized carbons (Fsp3) is 0.300. The minimum absolute atomic E-state index is 0.0897. The molecule has 2 amide bonds. The van der Waals surface area contributed by atoms with Crippen LogP contribution in [-0.2, 0) is 9.53 Å². The summed E-state index contributed by atoms with van der Waals surface area (Å²) in [6, 6.07) is 11.3.